The van der Waals surface area contributed by atoms with E-state index in [0.29, 0.717) is 22.7 Å². The van der Waals surface area contributed by atoms with Crippen LogP contribution in [-0.2, 0) is 4.79 Å². The summed E-state index contributed by atoms with van der Waals surface area (Å²) < 4.78 is 16.7. The minimum absolute atomic E-state index is 0.335. The second-order valence-electron chi connectivity index (χ2n) is 6.18. The Hall–Kier alpha value is -2.96. The average Bonchev–Trinajstić information content (AvgIpc) is 3.29. The summed E-state index contributed by atoms with van der Waals surface area (Å²) in [5.41, 5.74) is 0.938. The number of rotatable bonds is 6. The molecule has 1 atom stereocenters. The number of ether oxygens (including phenoxy) is 2. The van der Waals surface area contributed by atoms with E-state index >= 15 is 0 Å². The molecule has 0 spiro atoms. The highest BCUT2D eigenvalue weighted by Gasteiger charge is 2.38. The zero-order valence-electron chi connectivity index (χ0n) is 15.0. The molecular formula is C19H22N2O5. The van der Waals surface area contributed by atoms with E-state index in [0.717, 1.165) is 12.8 Å². The number of carbonyl (C=O) groups is 2. The molecule has 0 fully saturated rings. The van der Waals surface area contributed by atoms with Crippen LogP contribution in [0.3, 0.4) is 0 Å². The van der Waals surface area contributed by atoms with Gasteiger partial charge in [-0.1, -0.05) is 13.8 Å². The summed E-state index contributed by atoms with van der Waals surface area (Å²) in [6.45, 7) is 5.62. The van der Waals surface area contributed by atoms with Crippen LogP contribution in [-0.4, -0.2) is 23.6 Å². The molecule has 26 heavy (non-hydrogen) atoms. The number of nitrogens with one attached hydrogen (secondary N) is 2. The van der Waals surface area contributed by atoms with Crippen molar-refractivity contribution in [2.75, 3.05) is 5.32 Å². The first-order chi connectivity index (χ1) is 12.5. The Balaban J connectivity index is 1.63. The zero-order chi connectivity index (χ0) is 18.7. The Labute approximate surface area is 151 Å². The summed E-state index contributed by atoms with van der Waals surface area (Å²) in [7, 11) is 0. The number of hydrogen-bond donors (Lipinski definition) is 2. The molecular weight excluding hydrogens is 336 g/mol. The highest BCUT2D eigenvalue weighted by molar-refractivity contribution is 6.00. The fraction of sp³-hybridized carbons (Fsp3) is 0.368. The summed E-state index contributed by atoms with van der Waals surface area (Å²) >= 11 is 0. The third-order valence-electron chi connectivity index (χ3n) is 4.40. The standard InChI is InChI=1S/C19H22N2O5/c1-4-19(5-2)25-15-7-6-14(10-16(15)26-19)21-17(22)12(3)20-18(23)13-8-9-24-11-13/h6-12H,4-5H2,1-3H3,(H,20,23)(H,21,22). The lowest BCUT2D eigenvalue weighted by Crippen LogP contribution is -2.41. The predicted octanol–water partition coefficient (Wildman–Crippen LogP) is 3.32. The summed E-state index contributed by atoms with van der Waals surface area (Å²) in [6.07, 6.45) is 4.16. The van der Waals surface area contributed by atoms with Crippen molar-refractivity contribution in [3.63, 3.8) is 0 Å². The van der Waals surface area contributed by atoms with Gasteiger partial charge in [-0.05, 0) is 25.1 Å². The van der Waals surface area contributed by atoms with Crippen molar-refractivity contribution >= 4 is 17.5 Å². The van der Waals surface area contributed by atoms with Crippen LogP contribution in [0.15, 0.2) is 41.2 Å². The third kappa shape index (κ3) is 3.51. The average molecular weight is 358 g/mol. The largest absolute Gasteiger partial charge is 0.472 e. The second kappa shape index (κ2) is 7.11. The lowest BCUT2D eigenvalue weighted by molar-refractivity contribution is -0.117. The first-order valence-electron chi connectivity index (χ1n) is 8.62. The Morgan fingerprint density at radius 2 is 1.85 bits per heavy atom. The summed E-state index contributed by atoms with van der Waals surface area (Å²) in [5.74, 6) is -0.0908. The minimum atomic E-state index is -0.715. The topological polar surface area (TPSA) is 89.8 Å². The molecule has 2 aromatic rings. The van der Waals surface area contributed by atoms with Gasteiger partial charge in [-0.2, -0.15) is 0 Å². The number of furan rings is 1. The molecule has 0 saturated heterocycles. The molecule has 0 radical (unpaired) electrons. The number of anilines is 1. The van der Waals surface area contributed by atoms with Crippen LogP contribution in [0.25, 0.3) is 0 Å². The van der Waals surface area contributed by atoms with Gasteiger partial charge in [0.25, 0.3) is 11.7 Å². The molecule has 2 amide bonds. The first-order valence-corrected chi connectivity index (χ1v) is 8.62. The first kappa shape index (κ1) is 17.8. The molecule has 7 heteroatoms. The van der Waals surface area contributed by atoms with Crippen LogP contribution in [0.4, 0.5) is 5.69 Å². The number of amides is 2. The normalized spacial score (nSPS) is 15.3. The summed E-state index contributed by atoms with van der Waals surface area (Å²) in [5, 5.41) is 5.39. The highest BCUT2D eigenvalue weighted by atomic mass is 16.7. The van der Waals surface area contributed by atoms with E-state index in [1.807, 2.05) is 13.8 Å². The van der Waals surface area contributed by atoms with Crippen LogP contribution >= 0.6 is 0 Å². The maximum absolute atomic E-state index is 12.3. The van der Waals surface area contributed by atoms with E-state index in [4.69, 9.17) is 13.9 Å². The summed E-state index contributed by atoms with van der Waals surface area (Å²) in [6, 6.07) is 6.06. The van der Waals surface area contributed by atoms with Crippen LogP contribution in [0, 0.1) is 0 Å². The van der Waals surface area contributed by atoms with Gasteiger partial charge >= 0.3 is 0 Å². The third-order valence-corrected chi connectivity index (χ3v) is 4.40. The highest BCUT2D eigenvalue weighted by Crippen LogP contribution is 2.43. The van der Waals surface area contributed by atoms with Gasteiger partial charge in [0, 0.05) is 24.6 Å². The molecule has 2 heterocycles. The van der Waals surface area contributed by atoms with Gasteiger partial charge in [0.15, 0.2) is 11.5 Å². The molecule has 1 aromatic heterocycles. The SMILES string of the molecule is CCC1(CC)Oc2ccc(NC(=O)C(C)NC(=O)c3ccoc3)cc2O1. The van der Waals surface area contributed by atoms with E-state index in [9.17, 15) is 9.59 Å². The van der Waals surface area contributed by atoms with Crippen molar-refractivity contribution in [3.05, 3.63) is 42.4 Å². The summed E-state index contributed by atoms with van der Waals surface area (Å²) in [4.78, 5) is 24.3. The van der Waals surface area contributed by atoms with Crippen LogP contribution in [0.1, 0.15) is 44.0 Å². The van der Waals surface area contributed by atoms with Crippen molar-refractivity contribution in [3.8, 4) is 11.5 Å². The van der Waals surface area contributed by atoms with Crippen molar-refractivity contribution in [2.24, 2.45) is 0 Å². The monoisotopic (exact) mass is 358 g/mol. The minimum Gasteiger partial charge on any atom is -0.472 e. The van der Waals surface area contributed by atoms with E-state index in [1.54, 1.807) is 25.1 Å². The molecule has 7 nitrogen and oxygen atoms in total. The van der Waals surface area contributed by atoms with Gasteiger partial charge in [0.05, 0.1) is 11.8 Å². The molecule has 2 N–H and O–H groups in total. The Morgan fingerprint density at radius 3 is 2.50 bits per heavy atom. The van der Waals surface area contributed by atoms with Gasteiger partial charge < -0.3 is 24.5 Å². The van der Waals surface area contributed by atoms with Crippen molar-refractivity contribution in [1.29, 1.82) is 0 Å². The van der Waals surface area contributed by atoms with Gasteiger partial charge in [0.1, 0.15) is 12.3 Å². The fourth-order valence-electron chi connectivity index (χ4n) is 2.70. The van der Waals surface area contributed by atoms with E-state index in [2.05, 4.69) is 10.6 Å². The van der Waals surface area contributed by atoms with Gasteiger partial charge in [-0.15, -0.1) is 0 Å². The van der Waals surface area contributed by atoms with Crippen LogP contribution in [0.2, 0.25) is 0 Å². The molecule has 0 bridgehead atoms. The van der Waals surface area contributed by atoms with Crippen LogP contribution < -0.4 is 20.1 Å². The Morgan fingerprint density at radius 1 is 1.12 bits per heavy atom. The molecule has 1 aromatic carbocycles. The lowest BCUT2D eigenvalue weighted by Gasteiger charge is -2.24. The number of carbonyl (C=O) groups excluding carboxylic acids is 2. The maximum Gasteiger partial charge on any atom is 0.255 e. The number of fused-ring (bicyclic) bond motifs is 1. The van der Waals surface area contributed by atoms with E-state index in [1.165, 1.54) is 18.6 Å². The number of benzene rings is 1. The Kier molecular flexibility index (Phi) is 4.88. The van der Waals surface area contributed by atoms with Gasteiger partial charge in [0.2, 0.25) is 5.91 Å². The Bertz CT molecular complexity index is 796. The molecule has 0 saturated carbocycles. The lowest BCUT2D eigenvalue weighted by atomic mass is 10.1. The smallest absolute Gasteiger partial charge is 0.255 e. The number of hydrogen-bond acceptors (Lipinski definition) is 5. The van der Waals surface area contributed by atoms with Crippen LogP contribution in [0.5, 0.6) is 11.5 Å². The molecule has 0 aliphatic carbocycles. The maximum atomic E-state index is 12.3. The molecule has 1 aliphatic heterocycles. The molecule has 1 aliphatic rings. The molecule has 138 valence electrons. The molecule has 3 rings (SSSR count). The van der Waals surface area contributed by atoms with Gasteiger partial charge in [-0.3, -0.25) is 9.59 Å². The van der Waals surface area contributed by atoms with E-state index < -0.39 is 11.8 Å². The zero-order valence-corrected chi connectivity index (χ0v) is 15.0. The second-order valence-corrected chi connectivity index (χ2v) is 6.18. The van der Waals surface area contributed by atoms with Crippen molar-refractivity contribution < 1.29 is 23.5 Å². The van der Waals surface area contributed by atoms with E-state index in [-0.39, 0.29) is 11.8 Å². The quantitative estimate of drug-likeness (QED) is 0.827. The fourth-order valence-corrected chi connectivity index (χ4v) is 2.70. The van der Waals surface area contributed by atoms with Gasteiger partial charge in [-0.25, -0.2) is 0 Å². The van der Waals surface area contributed by atoms with Crippen molar-refractivity contribution in [1.82, 2.24) is 5.32 Å². The predicted molar refractivity (Wildman–Crippen MR) is 95.3 cm³/mol. The van der Waals surface area contributed by atoms with Crippen molar-refractivity contribution in [2.45, 2.75) is 45.4 Å². The molecule has 1 unspecified atom stereocenters.